The van der Waals surface area contributed by atoms with E-state index in [4.69, 9.17) is 4.52 Å². The Hall–Kier alpha value is -0.950. The lowest BCUT2D eigenvalue weighted by Gasteiger charge is -2.08. The molecule has 0 radical (unpaired) electrons. The molecule has 0 bridgehead atoms. The van der Waals surface area contributed by atoms with Crippen LogP contribution in [0.2, 0.25) is 0 Å². The van der Waals surface area contributed by atoms with Crippen LogP contribution in [0, 0.1) is 0 Å². The largest absolute Gasteiger partial charge is 0.339 e. The van der Waals surface area contributed by atoms with Crippen molar-refractivity contribution >= 4 is 9.84 Å². The van der Waals surface area contributed by atoms with Crippen molar-refractivity contribution in [2.24, 2.45) is 0 Å². The Morgan fingerprint density at radius 3 is 2.59 bits per heavy atom. The molecule has 98 valence electrons. The van der Waals surface area contributed by atoms with Crippen LogP contribution in [0.3, 0.4) is 0 Å². The van der Waals surface area contributed by atoms with E-state index < -0.39 is 15.1 Å². The van der Waals surface area contributed by atoms with Crippen molar-refractivity contribution in [3.8, 4) is 0 Å². The van der Waals surface area contributed by atoms with E-state index in [0.29, 0.717) is 12.3 Å². The van der Waals surface area contributed by atoms with Crippen LogP contribution >= 0.6 is 0 Å². The van der Waals surface area contributed by atoms with Crippen molar-refractivity contribution in [2.45, 2.75) is 38.5 Å². The Labute approximate surface area is 102 Å². The number of likely N-dealkylation sites (N-methyl/N-ethyl adjacent to an activating group) is 1. The van der Waals surface area contributed by atoms with Gasteiger partial charge >= 0.3 is 0 Å². The average molecular weight is 261 g/mol. The van der Waals surface area contributed by atoms with Gasteiger partial charge in [-0.2, -0.15) is 4.98 Å². The Bertz CT molecular complexity index is 455. The van der Waals surface area contributed by atoms with Gasteiger partial charge in [0.2, 0.25) is 5.89 Å². The number of nitrogens with zero attached hydrogens (tertiary/aromatic N) is 2. The molecule has 0 saturated carbocycles. The Morgan fingerprint density at radius 2 is 2.06 bits per heavy atom. The van der Waals surface area contributed by atoms with Crippen LogP contribution in [-0.4, -0.2) is 37.4 Å². The van der Waals surface area contributed by atoms with E-state index in [9.17, 15) is 8.42 Å². The van der Waals surface area contributed by atoms with Gasteiger partial charge in [-0.1, -0.05) is 12.1 Å². The van der Waals surface area contributed by atoms with E-state index in [1.807, 2.05) is 13.8 Å². The molecule has 1 aromatic heterocycles. The zero-order valence-corrected chi connectivity index (χ0v) is 11.4. The van der Waals surface area contributed by atoms with Gasteiger partial charge in [0.1, 0.15) is 5.25 Å². The van der Waals surface area contributed by atoms with Gasteiger partial charge in [-0.3, -0.25) is 0 Å². The topological polar surface area (TPSA) is 85.1 Å². The van der Waals surface area contributed by atoms with Gasteiger partial charge in [0.05, 0.1) is 0 Å². The van der Waals surface area contributed by atoms with Crippen LogP contribution in [0.15, 0.2) is 4.52 Å². The highest BCUT2D eigenvalue weighted by molar-refractivity contribution is 7.90. The predicted octanol–water partition coefficient (Wildman–Crippen LogP) is 0.716. The Balaban J connectivity index is 2.72. The molecule has 0 fully saturated rings. The van der Waals surface area contributed by atoms with Crippen molar-refractivity contribution in [2.75, 3.05) is 12.8 Å². The first-order valence-electron chi connectivity index (χ1n) is 5.59. The maximum Gasteiger partial charge on any atom is 0.228 e. The molecule has 0 aliphatic carbocycles. The molecule has 7 heteroatoms. The molecule has 0 aliphatic heterocycles. The summed E-state index contributed by atoms with van der Waals surface area (Å²) < 4.78 is 27.7. The first-order chi connectivity index (χ1) is 7.84. The molecule has 1 aromatic rings. The minimum atomic E-state index is -3.18. The molecule has 0 aliphatic rings. The molecule has 17 heavy (non-hydrogen) atoms. The number of nitrogens with one attached hydrogen (secondary N) is 1. The van der Waals surface area contributed by atoms with Gasteiger partial charge in [-0.25, -0.2) is 8.42 Å². The van der Waals surface area contributed by atoms with E-state index in [1.165, 1.54) is 0 Å². The van der Waals surface area contributed by atoms with Crippen molar-refractivity contribution < 1.29 is 12.9 Å². The molecule has 0 saturated heterocycles. The summed E-state index contributed by atoms with van der Waals surface area (Å²) in [6.07, 6.45) is 1.76. The van der Waals surface area contributed by atoms with Gasteiger partial charge in [0, 0.05) is 18.7 Å². The van der Waals surface area contributed by atoms with Gasteiger partial charge in [0.15, 0.2) is 15.7 Å². The Morgan fingerprint density at radius 1 is 1.41 bits per heavy atom. The molecule has 0 aromatic carbocycles. The fourth-order valence-electron chi connectivity index (χ4n) is 1.39. The molecule has 1 heterocycles. The van der Waals surface area contributed by atoms with Crippen molar-refractivity contribution in [1.82, 2.24) is 15.5 Å². The second kappa shape index (κ2) is 5.59. The zero-order chi connectivity index (χ0) is 13.1. The number of hydrogen-bond acceptors (Lipinski definition) is 6. The standard InChI is InChI=1S/C10H19N3O3S/c1-5-11-7(2)6-9-12-10(13-16-9)8(3)17(4,14)15/h7-8,11H,5-6H2,1-4H3. The summed E-state index contributed by atoms with van der Waals surface area (Å²) in [5.74, 6) is 0.690. The van der Waals surface area contributed by atoms with Crippen LogP contribution in [0.4, 0.5) is 0 Å². The van der Waals surface area contributed by atoms with Gasteiger partial charge in [0.25, 0.3) is 0 Å². The fraction of sp³-hybridized carbons (Fsp3) is 0.800. The van der Waals surface area contributed by atoms with Crippen LogP contribution < -0.4 is 5.32 Å². The first-order valence-corrected chi connectivity index (χ1v) is 7.54. The minimum absolute atomic E-state index is 0.224. The number of aromatic nitrogens is 2. The normalized spacial score (nSPS) is 15.8. The molecule has 6 nitrogen and oxygen atoms in total. The van der Waals surface area contributed by atoms with E-state index >= 15 is 0 Å². The quantitative estimate of drug-likeness (QED) is 0.812. The van der Waals surface area contributed by atoms with Crippen LogP contribution in [0.25, 0.3) is 0 Å². The third-order valence-electron chi connectivity index (χ3n) is 2.52. The van der Waals surface area contributed by atoms with Gasteiger partial charge in [-0.05, 0) is 20.4 Å². The smallest absolute Gasteiger partial charge is 0.228 e. The van der Waals surface area contributed by atoms with Crippen LogP contribution in [-0.2, 0) is 16.3 Å². The van der Waals surface area contributed by atoms with Crippen molar-refractivity contribution in [3.63, 3.8) is 0 Å². The highest BCUT2D eigenvalue weighted by Gasteiger charge is 2.23. The summed E-state index contributed by atoms with van der Waals surface area (Å²) in [4.78, 5) is 4.10. The highest BCUT2D eigenvalue weighted by Crippen LogP contribution is 2.17. The van der Waals surface area contributed by atoms with E-state index in [1.54, 1.807) is 6.92 Å². The second-order valence-electron chi connectivity index (χ2n) is 4.18. The lowest BCUT2D eigenvalue weighted by Crippen LogP contribution is -2.27. The maximum atomic E-state index is 11.3. The zero-order valence-electron chi connectivity index (χ0n) is 10.6. The molecule has 0 spiro atoms. The fourth-order valence-corrected chi connectivity index (χ4v) is 1.87. The minimum Gasteiger partial charge on any atom is -0.339 e. The third kappa shape index (κ3) is 4.08. The summed E-state index contributed by atoms with van der Waals surface area (Å²) in [7, 11) is -3.18. The highest BCUT2D eigenvalue weighted by atomic mass is 32.2. The molecule has 2 unspecified atom stereocenters. The lowest BCUT2D eigenvalue weighted by molar-refractivity contribution is 0.358. The van der Waals surface area contributed by atoms with Crippen molar-refractivity contribution in [3.05, 3.63) is 11.7 Å². The molecule has 1 N–H and O–H groups in total. The number of hydrogen-bond donors (Lipinski definition) is 1. The summed E-state index contributed by atoms with van der Waals surface area (Å²) in [6.45, 7) is 6.44. The summed E-state index contributed by atoms with van der Waals surface area (Å²) in [5.41, 5.74) is 0. The third-order valence-corrected chi connectivity index (χ3v) is 4.02. The molecular formula is C10H19N3O3S. The SMILES string of the molecule is CCNC(C)Cc1nc(C(C)S(C)(=O)=O)no1. The van der Waals surface area contributed by atoms with E-state index in [-0.39, 0.29) is 11.9 Å². The van der Waals surface area contributed by atoms with Gasteiger partial charge < -0.3 is 9.84 Å². The molecule has 0 amide bonds. The lowest BCUT2D eigenvalue weighted by atomic mass is 10.2. The summed E-state index contributed by atoms with van der Waals surface area (Å²) >= 11 is 0. The van der Waals surface area contributed by atoms with Gasteiger partial charge in [-0.15, -0.1) is 0 Å². The molecule has 2 atom stereocenters. The monoisotopic (exact) mass is 261 g/mol. The van der Waals surface area contributed by atoms with Crippen molar-refractivity contribution in [1.29, 1.82) is 0 Å². The Kier molecular flexibility index (Phi) is 4.64. The van der Waals surface area contributed by atoms with E-state index in [2.05, 4.69) is 15.5 Å². The predicted molar refractivity (Wildman–Crippen MR) is 64.4 cm³/mol. The maximum absolute atomic E-state index is 11.3. The molecule has 1 rings (SSSR count). The van der Waals surface area contributed by atoms with Crippen LogP contribution in [0.5, 0.6) is 0 Å². The van der Waals surface area contributed by atoms with E-state index in [0.717, 1.165) is 12.8 Å². The number of rotatable bonds is 6. The number of sulfone groups is 1. The summed E-state index contributed by atoms with van der Waals surface area (Å²) in [5, 5.41) is 6.19. The summed E-state index contributed by atoms with van der Waals surface area (Å²) in [6, 6.07) is 0.224. The molecular weight excluding hydrogens is 242 g/mol. The first kappa shape index (κ1) is 14.1. The van der Waals surface area contributed by atoms with Crippen LogP contribution in [0.1, 0.15) is 37.7 Å². The second-order valence-corrected chi connectivity index (χ2v) is 6.55. The average Bonchev–Trinajstić information content (AvgIpc) is 2.63.